The van der Waals surface area contributed by atoms with Gasteiger partial charge >= 0.3 is 0 Å². The van der Waals surface area contributed by atoms with Gasteiger partial charge in [0.15, 0.2) is 5.12 Å². The highest BCUT2D eigenvalue weighted by atomic mass is 32.2. The highest BCUT2D eigenvalue weighted by Crippen LogP contribution is 2.23. The minimum absolute atomic E-state index is 0.0236. The van der Waals surface area contributed by atoms with Gasteiger partial charge in [-0.2, -0.15) is 4.40 Å². The van der Waals surface area contributed by atoms with E-state index in [1.807, 2.05) is 45.9 Å². The lowest BCUT2D eigenvalue weighted by molar-refractivity contribution is -0.109. The number of benzene rings is 1. The summed E-state index contributed by atoms with van der Waals surface area (Å²) in [7, 11) is -1.29. The van der Waals surface area contributed by atoms with Crippen LogP contribution < -0.4 is 0 Å². The summed E-state index contributed by atoms with van der Waals surface area (Å²) in [5.41, 5.74) is 1.91. The molecule has 0 radical (unpaired) electrons. The molecular formula is C14H19NO2S2. The van der Waals surface area contributed by atoms with Gasteiger partial charge in [-0.3, -0.25) is 4.79 Å². The van der Waals surface area contributed by atoms with Crippen molar-refractivity contribution in [2.75, 3.05) is 0 Å². The van der Waals surface area contributed by atoms with Crippen LogP contribution in [0.5, 0.6) is 0 Å². The molecule has 19 heavy (non-hydrogen) atoms. The Morgan fingerprint density at radius 3 is 2.53 bits per heavy atom. The third kappa shape index (κ3) is 5.28. The highest BCUT2D eigenvalue weighted by Gasteiger charge is 2.18. The van der Waals surface area contributed by atoms with Gasteiger partial charge in [0.05, 0.1) is 4.75 Å². The molecule has 0 amide bonds. The molecule has 0 saturated heterocycles. The van der Waals surface area contributed by atoms with Crippen LogP contribution in [0, 0.1) is 6.92 Å². The summed E-state index contributed by atoms with van der Waals surface area (Å²) in [6.07, 6.45) is 1.60. The van der Waals surface area contributed by atoms with Crippen molar-refractivity contribution in [2.24, 2.45) is 4.40 Å². The van der Waals surface area contributed by atoms with Crippen LogP contribution in [0.15, 0.2) is 27.5 Å². The van der Waals surface area contributed by atoms with E-state index in [2.05, 4.69) is 4.40 Å². The Hall–Kier alpha value is -0.940. The van der Waals surface area contributed by atoms with E-state index in [0.717, 1.165) is 27.8 Å². The second kappa shape index (κ2) is 6.48. The van der Waals surface area contributed by atoms with Crippen molar-refractivity contribution in [3.05, 3.63) is 29.3 Å². The quantitative estimate of drug-likeness (QED) is 0.633. The summed E-state index contributed by atoms with van der Waals surface area (Å²) in [6, 6.07) is 5.78. The number of thioether (sulfide) groups is 1. The molecule has 0 bridgehead atoms. The van der Waals surface area contributed by atoms with Gasteiger partial charge in [-0.05, 0) is 39.8 Å². The lowest BCUT2D eigenvalue weighted by Crippen LogP contribution is -2.19. The zero-order valence-electron chi connectivity index (χ0n) is 11.9. The summed E-state index contributed by atoms with van der Waals surface area (Å²) in [5.74, 6) is 0. The largest absolute Gasteiger partial charge is 0.287 e. The third-order valence-electron chi connectivity index (χ3n) is 2.23. The van der Waals surface area contributed by atoms with E-state index in [0.29, 0.717) is 0 Å². The standard InChI is InChI=1S/C14H19NO2S2/c1-10-6-7-13(18-11(2)16)12(8-10)9-15-19(17)14(3,4)5/h6-9H,1-5H3. The molecule has 0 aromatic heterocycles. The fourth-order valence-electron chi connectivity index (χ4n) is 1.28. The van der Waals surface area contributed by atoms with Gasteiger partial charge in [0.1, 0.15) is 11.0 Å². The number of rotatable bonds is 3. The van der Waals surface area contributed by atoms with E-state index in [1.165, 1.54) is 6.92 Å². The number of hydrogen-bond donors (Lipinski definition) is 0. The van der Waals surface area contributed by atoms with Crippen LogP contribution in [0.4, 0.5) is 0 Å². The smallest absolute Gasteiger partial charge is 0.190 e. The number of carbonyl (C=O) groups excluding carboxylic acids is 1. The average Bonchev–Trinajstić information content (AvgIpc) is 2.27. The van der Waals surface area contributed by atoms with E-state index in [9.17, 15) is 9.00 Å². The predicted octanol–water partition coefficient (Wildman–Crippen LogP) is 3.51. The van der Waals surface area contributed by atoms with Crippen molar-refractivity contribution in [1.82, 2.24) is 0 Å². The Labute approximate surface area is 121 Å². The maximum absolute atomic E-state index is 11.9. The molecule has 0 N–H and O–H groups in total. The van der Waals surface area contributed by atoms with Gasteiger partial charge in [-0.1, -0.05) is 23.4 Å². The van der Waals surface area contributed by atoms with Crippen LogP contribution in [-0.4, -0.2) is 20.3 Å². The van der Waals surface area contributed by atoms with Gasteiger partial charge in [-0.25, -0.2) is 4.21 Å². The third-order valence-corrected chi connectivity index (χ3v) is 4.45. The van der Waals surface area contributed by atoms with E-state index >= 15 is 0 Å². The first-order valence-corrected chi connectivity index (χ1v) is 7.87. The number of nitrogens with zero attached hydrogens (tertiary/aromatic N) is 1. The summed E-state index contributed by atoms with van der Waals surface area (Å²) < 4.78 is 15.6. The van der Waals surface area contributed by atoms with Gasteiger partial charge in [-0.15, -0.1) is 0 Å². The van der Waals surface area contributed by atoms with Crippen LogP contribution in [0.2, 0.25) is 0 Å². The Kier molecular flexibility index (Phi) is 5.50. The molecule has 1 rings (SSSR count). The molecule has 3 nitrogen and oxygen atoms in total. The molecule has 0 spiro atoms. The number of hydrogen-bond acceptors (Lipinski definition) is 3. The molecule has 0 aliphatic carbocycles. The van der Waals surface area contributed by atoms with Crippen LogP contribution >= 0.6 is 11.8 Å². The normalized spacial score (nSPS) is 13.7. The lowest BCUT2D eigenvalue weighted by atomic mass is 10.1. The van der Waals surface area contributed by atoms with E-state index in [1.54, 1.807) is 6.21 Å². The van der Waals surface area contributed by atoms with Crippen LogP contribution in [0.1, 0.15) is 38.8 Å². The van der Waals surface area contributed by atoms with Crippen molar-refractivity contribution in [2.45, 2.75) is 44.3 Å². The molecule has 0 heterocycles. The number of aryl methyl sites for hydroxylation is 1. The Balaban J connectivity index is 3.05. The fourth-order valence-corrected chi connectivity index (χ4v) is 2.48. The molecule has 5 heteroatoms. The van der Waals surface area contributed by atoms with E-state index in [4.69, 9.17) is 0 Å². The average molecular weight is 297 g/mol. The molecule has 0 saturated carbocycles. The molecule has 1 atom stereocenters. The minimum atomic E-state index is -1.29. The van der Waals surface area contributed by atoms with E-state index < -0.39 is 11.0 Å². The monoisotopic (exact) mass is 297 g/mol. The first-order valence-electron chi connectivity index (χ1n) is 5.95. The maximum atomic E-state index is 11.9. The first-order chi connectivity index (χ1) is 8.70. The van der Waals surface area contributed by atoms with Crippen molar-refractivity contribution in [3.8, 4) is 0 Å². The molecule has 104 valence electrons. The molecule has 0 aliphatic rings. The second-order valence-electron chi connectivity index (χ2n) is 5.23. The number of carbonyl (C=O) groups is 1. The van der Waals surface area contributed by atoms with Crippen molar-refractivity contribution in [1.29, 1.82) is 0 Å². The predicted molar refractivity (Wildman–Crippen MR) is 83.2 cm³/mol. The van der Waals surface area contributed by atoms with Crippen LogP contribution in [0.3, 0.4) is 0 Å². The molecule has 1 aromatic carbocycles. The van der Waals surface area contributed by atoms with Crippen molar-refractivity contribution < 1.29 is 9.00 Å². The van der Waals surface area contributed by atoms with Crippen LogP contribution in [0.25, 0.3) is 0 Å². The van der Waals surface area contributed by atoms with Gasteiger partial charge in [0, 0.05) is 23.6 Å². The topological polar surface area (TPSA) is 46.5 Å². The lowest BCUT2D eigenvalue weighted by Gasteiger charge is -2.13. The summed E-state index contributed by atoms with van der Waals surface area (Å²) in [6.45, 7) is 9.13. The molecular weight excluding hydrogens is 278 g/mol. The van der Waals surface area contributed by atoms with Crippen LogP contribution in [-0.2, 0) is 15.8 Å². The molecule has 1 unspecified atom stereocenters. The Bertz CT molecular complexity index is 531. The summed E-state index contributed by atoms with van der Waals surface area (Å²) in [5, 5.41) is 0.0236. The minimum Gasteiger partial charge on any atom is -0.287 e. The Morgan fingerprint density at radius 1 is 1.37 bits per heavy atom. The van der Waals surface area contributed by atoms with Gasteiger partial charge in [0.25, 0.3) is 0 Å². The molecule has 1 aromatic rings. The van der Waals surface area contributed by atoms with Crippen molar-refractivity contribution in [3.63, 3.8) is 0 Å². The summed E-state index contributed by atoms with van der Waals surface area (Å²) >= 11 is 1.16. The zero-order valence-corrected chi connectivity index (χ0v) is 13.5. The zero-order chi connectivity index (χ0) is 14.6. The first kappa shape index (κ1) is 16.1. The maximum Gasteiger partial charge on any atom is 0.190 e. The molecule has 0 fully saturated rings. The van der Waals surface area contributed by atoms with Gasteiger partial charge < -0.3 is 0 Å². The fraction of sp³-hybridized carbons (Fsp3) is 0.429. The van der Waals surface area contributed by atoms with Crippen molar-refractivity contribution >= 4 is 34.1 Å². The van der Waals surface area contributed by atoms with Gasteiger partial charge in [0.2, 0.25) is 0 Å². The Morgan fingerprint density at radius 2 is 2.00 bits per heavy atom. The van der Waals surface area contributed by atoms with E-state index in [-0.39, 0.29) is 9.86 Å². The highest BCUT2D eigenvalue weighted by molar-refractivity contribution is 8.13. The molecule has 0 aliphatic heterocycles. The SMILES string of the molecule is CC(=O)Sc1ccc(C)cc1C=NS(=O)C(C)(C)C. The summed E-state index contributed by atoms with van der Waals surface area (Å²) in [4.78, 5) is 12.0. The second-order valence-corrected chi connectivity index (χ2v) is 8.38.